The zero-order valence-electron chi connectivity index (χ0n) is 13.5. The van der Waals surface area contributed by atoms with E-state index in [1.807, 2.05) is 11.0 Å². The lowest BCUT2D eigenvalue weighted by Gasteiger charge is -2.27. The SMILES string of the molecule is CCCCN(CCc1ccccc1)C(=O)CC(C)(C)C. The second kappa shape index (κ2) is 8.08. The molecular formula is C18H29NO. The number of hydrogen-bond acceptors (Lipinski definition) is 1. The molecule has 0 saturated heterocycles. The van der Waals surface area contributed by atoms with E-state index in [2.05, 4.69) is 52.0 Å². The number of nitrogens with zero attached hydrogens (tertiary/aromatic N) is 1. The first-order valence-corrected chi connectivity index (χ1v) is 7.74. The molecule has 1 aromatic carbocycles. The molecule has 0 aliphatic rings. The van der Waals surface area contributed by atoms with Gasteiger partial charge in [0.25, 0.3) is 0 Å². The molecule has 1 rings (SSSR count). The van der Waals surface area contributed by atoms with Crippen molar-refractivity contribution in [3.05, 3.63) is 35.9 Å². The molecule has 0 bridgehead atoms. The van der Waals surface area contributed by atoms with Gasteiger partial charge in [0.1, 0.15) is 0 Å². The van der Waals surface area contributed by atoms with Crippen molar-refractivity contribution in [1.82, 2.24) is 4.90 Å². The Hall–Kier alpha value is -1.31. The smallest absolute Gasteiger partial charge is 0.223 e. The van der Waals surface area contributed by atoms with E-state index in [0.29, 0.717) is 12.3 Å². The van der Waals surface area contributed by atoms with Gasteiger partial charge in [-0.2, -0.15) is 0 Å². The summed E-state index contributed by atoms with van der Waals surface area (Å²) in [6.45, 7) is 10.3. The van der Waals surface area contributed by atoms with Gasteiger partial charge in [0.15, 0.2) is 0 Å². The summed E-state index contributed by atoms with van der Waals surface area (Å²) < 4.78 is 0. The van der Waals surface area contributed by atoms with E-state index in [9.17, 15) is 4.79 Å². The van der Waals surface area contributed by atoms with Gasteiger partial charge in [-0.1, -0.05) is 64.4 Å². The van der Waals surface area contributed by atoms with E-state index in [-0.39, 0.29) is 5.41 Å². The van der Waals surface area contributed by atoms with Crippen molar-refractivity contribution in [2.24, 2.45) is 5.41 Å². The van der Waals surface area contributed by atoms with E-state index in [1.165, 1.54) is 5.56 Å². The molecule has 2 heteroatoms. The lowest BCUT2D eigenvalue weighted by atomic mass is 9.91. The topological polar surface area (TPSA) is 20.3 Å². The van der Waals surface area contributed by atoms with Crippen LogP contribution >= 0.6 is 0 Å². The summed E-state index contributed by atoms with van der Waals surface area (Å²) in [5.41, 5.74) is 1.37. The third-order valence-electron chi connectivity index (χ3n) is 3.33. The van der Waals surface area contributed by atoms with Crippen LogP contribution in [-0.4, -0.2) is 23.9 Å². The minimum absolute atomic E-state index is 0.0638. The predicted molar refractivity (Wildman–Crippen MR) is 85.7 cm³/mol. The van der Waals surface area contributed by atoms with Gasteiger partial charge in [-0.3, -0.25) is 4.79 Å². The highest BCUT2D eigenvalue weighted by atomic mass is 16.2. The fourth-order valence-corrected chi connectivity index (χ4v) is 2.18. The second-order valence-electron chi connectivity index (χ2n) is 6.71. The molecule has 0 aromatic heterocycles. The van der Waals surface area contributed by atoms with Gasteiger partial charge in [-0.05, 0) is 23.8 Å². The molecule has 0 aliphatic heterocycles. The molecule has 0 radical (unpaired) electrons. The maximum Gasteiger partial charge on any atom is 0.223 e. The Kier molecular flexibility index (Phi) is 6.77. The molecule has 20 heavy (non-hydrogen) atoms. The van der Waals surface area contributed by atoms with Crippen LogP contribution in [-0.2, 0) is 11.2 Å². The Labute approximate surface area is 124 Å². The van der Waals surface area contributed by atoms with Crippen molar-refractivity contribution in [2.45, 2.75) is 53.4 Å². The van der Waals surface area contributed by atoms with Gasteiger partial charge in [0.05, 0.1) is 0 Å². The van der Waals surface area contributed by atoms with Gasteiger partial charge in [-0.25, -0.2) is 0 Å². The number of hydrogen-bond donors (Lipinski definition) is 0. The summed E-state index contributed by atoms with van der Waals surface area (Å²) in [6, 6.07) is 10.4. The fraction of sp³-hybridized carbons (Fsp3) is 0.611. The van der Waals surface area contributed by atoms with E-state index in [0.717, 1.165) is 32.4 Å². The second-order valence-corrected chi connectivity index (χ2v) is 6.71. The summed E-state index contributed by atoms with van der Waals surface area (Å²) in [5.74, 6) is 0.293. The van der Waals surface area contributed by atoms with Crippen molar-refractivity contribution in [3.63, 3.8) is 0 Å². The van der Waals surface area contributed by atoms with Crippen LogP contribution in [0.25, 0.3) is 0 Å². The quantitative estimate of drug-likeness (QED) is 0.726. The normalized spacial score (nSPS) is 11.4. The molecule has 1 amide bonds. The number of rotatable bonds is 7. The minimum Gasteiger partial charge on any atom is -0.342 e. The van der Waals surface area contributed by atoms with Gasteiger partial charge in [0.2, 0.25) is 5.91 Å². The Morgan fingerprint density at radius 1 is 1.10 bits per heavy atom. The van der Waals surface area contributed by atoms with Gasteiger partial charge in [0, 0.05) is 19.5 Å². The molecule has 0 atom stereocenters. The molecule has 2 nitrogen and oxygen atoms in total. The van der Waals surface area contributed by atoms with Crippen LogP contribution in [0.4, 0.5) is 0 Å². The van der Waals surface area contributed by atoms with Gasteiger partial charge < -0.3 is 4.90 Å². The summed E-state index contributed by atoms with van der Waals surface area (Å²) in [7, 11) is 0. The molecule has 0 spiro atoms. The van der Waals surface area contributed by atoms with Crippen LogP contribution in [0.3, 0.4) is 0 Å². The monoisotopic (exact) mass is 275 g/mol. The number of benzene rings is 1. The Balaban J connectivity index is 2.57. The van der Waals surface area contributed by atoms with E-state index in [4.69, 9.17) is 0 Å². The Morgan fingerprint density at radius 3 is 2.30 bits per heavy atom. The average Bonchev–Trinajstić information content (AvgIpc) is 2.38. The van der Waals surface area contributed by atoms with Crippen LogP contribution < -0.4 is 0 Å². The van der Waals surface area contributed by atoms with Crippen LogP contribution in [0.2, 0.25) is 0 Å². The summed E-state index contributed by atoms with van der Waals surface area (Å²) in [4.78, 5) is 14.5. The van der Waals surface area contributed by atoms with Crippen LogP contribution in [0, 0.1) is 5.41 Å². The van der Waals surface area contributed by atoms with Crippen LogP contribution in [0.5, 0.6) is 0 Å². The highest BCUT2D eigenvalue weighted by Crippen LogP contribution is 2.20. The molecule has 112 valence electrons. The third-order valence-corrected chi connectivity index (χ3v) is 3.33. The van der Waals surface area contributed by atoms with E-state index in [1.54, 1.807) is 0 Å². The Bertz CT molecular complexity index is 392. The third kappa shape index (κ3) is 6.74. The highest BCUT2D eigenvalue weighted by Gasteiger charge is 2.20. The lowest BCUT2D eigenvalue weighted by Crippen LogP contribution is -2.36. The maximum absolute atomic E-state index is 12.4. The number of carbonyl (C=O) groups excluding carboxylic acids is 1. The number of amides is 1. The van der Waals surface area contributed by atoms with Gasteiger partial charge in [-0.15, -0.1) is 0 Å². The summed E-state index contributed by atoms with van der Waals surface area (Å²) >= 11 is 0. The van der Waals surface area contributed by atoms with Crippen molar-refractivity contribution in [1.29, 1.82) is 0 Å². The van der Waals surface area contributed by atoms with Crippen LogP contribution in [0.15, 0.2) is 30.3 Å². The highest BCUT2D eigenvalue weighted by molar-refractivity contribution is 5.76. The first-order chi connectivity index (χ1) is 9.42. The lowest BCUT2D eigenvalue weighted by molar-refractivity contribution is -0.133. The van der Waals surface area contributed by atoms with Gasteiger partial charge >= 0.3 is 0 Å². The number of unbranched alkanes of at least 4 members (excludes halogenated alkanes) is 1. The van der Waals surface area contributed by atoms with Crippen molar-refractivity contribution in [3.8, 4) is 0 Å². The molecule has 0 aliphatic carbocycles. The molecular weight excluding hydrogens is 246 g/mol. The zero-order valence-corrected chi connectivity index (χ0v) is 13.5. The van der Waals surface area contributed by atoms with Crippen molar-refractivity contribution >= 4 is 5.91 Å². The largest absolute Gasteiger partial charge is 0.342 e. The maximum atomic E-state index is 12.4. The molecule has 0 unspecified atom stereocenters. The predicted octanol–water partition coefficient (Wildman–Crippen LogP) is 4.29. The van der Waals surface area contributed by atoms with E-state index >= 15 is 0 Å². The zero-order chi connectivity index (χ0) is 15.0. The standard InChI is InChI=1S/C18H29NO/c1-5-6-13-19(17(20)15-18(2,3)4)14-12-16-10-8-7-9-11-16/h7-11H,5-6,12-15H2,1-4H3. The number of carbonyl (C=O) groups is 1. The molecule has 0 N–H and O–H groups in total. The van der Waals surface area contributed by atoms with E-state index < -0.39 is 0 Å². The average molecular weight is 275 g/mol. The summed E-state index contributed by atoms with van der Waals surface area (Å²) in [6.07, 6.45) is 3.79. The van der Waals surface area contributed by atoms with Crippen molar-refractivity contribution in [2.75, 3.05) is 13.1 Å². The van der Waals surface area contributed by atoms with Crippen molar-refractivity contribution < 1.29 is 4.79 Å². The molecule has 0 heterocycles. The first kappa shape index (κ1) is 16.7. The molecule has 0 fully saturated rings. The minimum atomic E-state index is 0.0638. The molecule has 1 aromatic rings. The first-order valence-electron chi connectivity index (χ1n) is 7.74. The fourth-order valence-electron chi connectivity index (χ4n) is 2.18. The molecule has 0 saturated carbocycles. The Morgan fingerprint density at radius 2 is 1.75 bits per heavy atom. The summed E-state index contributed by atoms with van der Waals surface area (Å²) in [5, 5.41) is 0. The van der Waals surface area contributed by atoms with Crippen LogP contribution in [0.1, 0.15) is 52.5 Å².